The van der Waals surface area contributed by atoms with Crippen molar-refractivity contribution in [3.8, 4) is 11.5 Å². The summed E-state index contributed by atoms with van der Waals surface area (Å²) in [7, 11) is 0. The summed E-state index contributed by atoms with van der Waals surface area (Å²) >= 11 is 18.0. The number of rotatable bonds is 6. The lowest BCUT2D eigenvalue weighted by atomic mass is 10.1. The number of amides is 1. The Morgan fingerprint density at radius 1 is 1.12 bits per heavy atom. The number of nitrogens with zero attached hydrogens (tertiary/aromatic N) is 2. The molecule has 0 N–H and O–H groups in total. The van der Waals surface area contributed by atoms with Crippen molar-refractivity contribution in [3.63, 3.8) is 0 Å². The fourth-order valence-corrected chi connectivity index (χ4v) is 3.23. The Balaban J connectivity index is 2.48. The van der Waals surface area contributed by atoms with Gasteiger partial charge in [0.25, 0.3) is 11.6 Å². The Kier molecular flexibility index (Phi) is 6.69. The molecule has 1 amide bonds. The normalized spacial score (nSPS) is 10.5. The van der Waals surface area contributed by atoms with Crippen LogP contribution in [0.4, 0.5) is 5.69 Å². The zero-order valence-corrected chi connectivity index (χ0v) is 16.2. The summed E-state index contributed by atoms with van der Waals surface area (Å²) in [5, 5.41) is 12.0. The highest BCUT2D eigenvalue weighted by Gasteiger charge is 2.24. The second-order valence-electron chi connectivity index (χ2n) is 5.21. The first-order chi connectivity index (χ1) is 12.3. The first kappa shape index (κ1) is 20.3. The van der Waals surface area contributed by atoms with Crippen molar-refractivity contribution in [3.05, 3.63) is 61.1 Å². The van der Waals surface area contributed by atoms with Crippen molar-refractivity contribution >= 4 is 46.4 Å². The van der Waals surface area contributed by atoms with Gasteiger partial charge in [-0.15, -0.1) is 0 Å². The first-order valence-electron chi connectivity index (χ1n) is 7.68. The van der Waals surface area contributed by atoms with E-state index >= 15 is 0 Å². The number of hydrogen-bond donors (Lipinski definition) is 0. The molecule has 0 aliphatic heterocycles. The molecule has 0 aromatic heterocycles. The number of halogens is 3. The number of hydrogen-bond acceptors (Lipinski definition) is 4. The third-order valence-electron chi connectivity index (χ3n) is 3.63. The maximum absolute atomic E-state index is 12.6. The molecular weight excluding hydrogens is 403 g/mol. The van der Waals surface area contributed by atoms with Gasteiger partial charge in [-0.1, -0.05) is 34.8 Å². The summed E-state index contributed by atoms with van der Waals surface area (Å²) in [6, 6.07) is 6.80. The zero-order valence-electron chi connectivity index (χ0n) is 14.0. The van der Waals surface area contributed by atoms with Gasteiger partial charge in [-0.25, -0.2) is 0 Å². The van der Waals surface area contributed by atoms with E-state index in [-0.39, 0.29) is 32.8 Å². The fourth-order valence-electron chi connectivity index (χ4n) is 2.33. The molecule has 0 aliphatic rings. The van der Waals surface area contributed by atoms with Crippen LogP contribution in [0.5, 0.6) is 11.5 Å². The third-order valence-corrected chi connectivity index (χ3v) is 4.41. The van der Waals surface area contributed by atoms with Gasteiger partial charge >= 0.3 is 0 Å². The van der Waals surface area contributed by atoms with Gasteiger partial charge in [-0.05, 0) is 32.0 Å². The Bertz CT molecular complexity index is 831. The average molecular weight is 418 g/mol. The fraction of sp³-hybridized carbons (Fsp3) is 0.235. The molecule has 0 bridgehead atoms. The summed E-state index contributed by atoms with van der Waals surface area (Å²) in [5.41, 5.74) is -0.375. The lowest BCUT2D eigenvalue weighted by molar-refractivity contribution is -0.385. The molecule has 2 rings (SSSR count). The highest BCUT2D eigenvalue weighted by atomic mass is 35.5. The number of ether oxygens (including phenoxy) is 1. The third kappa shape index (κ3) is 4.38. The molecule has 0 radical (unpaired) electrons. The molecular formula is C17H15Cl3N2O4. The van der Waals surface area contributed by atoms with E-state index < -0.39 is 10.8 Å². The molecule has 0 aliphatic carbocycles. The van der Waals surface area contributed by atoms with Gasteiger partial charge in [-0.3, -0.25) is 14.9 Å². The van der Waals surface area contributed by atoms with Crippen molar-refractivity contribution in [2.75, 3.05) is 13.1 Å². The minimum Gasteiger partial charge on any atom is -0.454 e. The Morgan fingerprint density at radius 3 is 2.19 bits per heavy atom. The van der Waals surface area contributed by atoms with E-state index in [2.05, 4.69) is 0 Å². The van der Waals surface area contributed by atoms with Gasteiger partial charge in [0.15, 0.2) is 5.75 Å². The maximum atomic E-state index is 12.6. The molecule has 0 atom stereocenters. The molecule has 0 unspecified atom stereocenters. The second-order valence-corrected chi connectivity index (χ2v) is 6.46. The molecule has 2 aromatic rings. The van der Waals surface area contributed by atoms with Gasteiger partial charge in [0.2, 0.25) is 0 Å². The number of benzene rings is 2. The SMILES string of the molecule is CCN(CC)C(=O)c1cc(Oc2c(Cl)cc(Cl)cc2Cl)ccc1[N+](=O)[O-]. The average Bonchev–Trinajstić information content (AvgIpc) is 2.58. The van der Waals surface area contributed by atoms with E-state index in [1.165, 1.54) is 35.2 Å². The predicted octanol–water partition coefficient (Wildman–Crippen LogP) is 5.83. The largest absolute Gasteiger partial charge is 0.454 e. The molecule has 0 spiro atoms. The van der Waals surface area contributed by atoms with Crippen LogP contribution in [0.15, 0.2) is 30.3 Å². The molecule has 2 aromatic carbocycles. The lowest BCUT2D eigenvalue weighted by Gasteiger charge is -2.19. The summed E-state index contributed by atoms with van der Waals surface area (Å²) in [6.07, 6.45) is 0. The van der Waals surface area contributed by atoms with E-state index in [0.717, 1.165) is 0 Å². The molecule has 0 saturated carbocycles. The Morgan fingerprint density at radius 2 is 1.69 bits per heavy atom. The van der Waals surface area contributed by atoms with Crippen molar-refractivity contribution in [1.29, 1.82) is 0 Å². The Labute approximate surface area is 165 Å². The van der Waals surface area contributed by atoms with E-state index in [4.69, 9.17) is 39.5 Å². The van der Waals surface area contributed by atoms with Crippen LogP contribution in [0, 0.1) is 10.1 Å². The van der Waals surface area contributed by atoms with E-state index in [9.17, 15) is 14.9 Å². The second kappa shape index (κ2) is 8.58. The number of nitro benzene ring substituents is 1. The van der Waals surface area contributed by atoms with Crippen molar-refractivity contribution in [2.24, 2.45) is 0 Å². The first-order valence-corrected chi connectivity index (χ1v) is 8.81. The summed E-state index contributed by atoms with van der Waals surface area (Å²) in [4.78, 5) is 24.8. The molecule has 9 heteroatoms. The van der Waals surface area contributed by atoms with E-state index in [1.54, 1.807) is 13.8 Å². The van der Waals surface area contributed by atoms with Crippen molar-refractivity contribution in [1.82, 2.24) is 4.90 Å². The monoisotopic (exact) mass is 416 g/mol. The van der Waals surface area contributed by atoms with Gasteiger partial charge in [0.05, 0.1) is 15.0 Å². The van der Waals surface area contributed by atoms with Crippen molar-refractivity contribution < 1.29 is 14.5 Å². The van der Waals surface area contributed by atoms with Gasteiger partial charge < -0.3 is 9.64 Å². The van der Waals surface area contributed by atoms with Gasteiger partial charge in [-0.2, -0.15) is 0 Å². The van der Waals surface area contributed by atoms with Crippen LogP contribution in [0.2, 0.25) is 15.1 Å². The smallest absolute Gasteiger partial charge is 0.282 e. The van der Waals surface area contributed by atoms with Crippen LogP contribution < -0.4 is 4.74 Å². The maximum Gasteiger partial charge on any atom is 0.282 e. The molecule has 0 saturated heterocycles. The molecule has 0 fully saturated rings. The van der Waals surface area contributed by atoms with Crippen molar-refractivity contribution in [2.45, 2.75) is 13.8 Å². The van der Waals surface area contributed by atoms with Crippen LogP contribution in [0.25, 0.3) is 0 Å². The van der Waals surface area contributed by atoms with Gasteiger partial charge in [0, 0.05) is 30.2 Å². The van der Waals surface area contributed by atoms with Crippen LogP contribution in [-0.4, -0.2) is 28.8 Å². The van der Waals surface area contributed by atoms with Crippen LogP contribution in [-0.2, 0) is 0 Å². The standard InChI is InChI=1S/C17H15Cl3N2O4/c1-3-21(4-2)17(23)12-9-11(5-6-15(12)22(24)25)26-16-13(19)7-10(18)8-14(16)20/h5-9H,3-4H2,1-2H3. The molecule has 138 valence electrons. The summed E-state index contributed by atoms with van der Waals surface area (Å²) in [5.74, 6) is -0.120. The van der Waals surface area contributed by atoms with Gasteiger partial charge in [0.1, 0.15) is 11.3 Å². The number of nitro groups is 1. The summed E-state index contributed by atoms with van der Waals surface area (Å²) in [6.45, 7) is 4.43. The predicted molar refractivity (Wildman–Crippen MR) is 102 cm³/mol. The molecule has 6 nitrogen and oxygen atoms in total. The highest BCUT2D eigenvalue weighted by molar-refractivity contribution is 6.40. The van der Waals surface area contributed by atoms with E-state index in [0.29, 0.717) is 18.1 Å². The Hall–Kier alpha value is -2.02. The minimum absolute atomic E-state index is 0.0718. The van der Waals surface area contributed by atoms with Crippen LogP contribution >= 0.6 is 34.8 Å². The van der Waals surface area contributed by atoms with Crippen LogP contribution in [0.1, 0.15) is 24.2 Å². The number of carbonyl (C=O) groups is 1. The van der Waals surface area contributed by atoms with Crippen LogP contribution in [0.3, 0.4) is 0 Å². The molecule has 26 heavy (non-hydrogen) atoms. The highest BCUT2D eigenvalue weighted by Crippen LogP contribution is 2.39. The zero-order chi connectivity index (χ0) is 19.4. The summed E-state index contributed by atoms with van der Waals surface area (Å²) < 4.78 is 5.65. The molecule has 0 heterocycles. The van der Waals surface area contributed by atoms with E-state index in [1.807, 2.05) is 0 Å². The lowest BCUT2D eigenvalue weighted by Crippen LogP contribution is -2.31. The quantitative estimate of drug-likeness (QED) is 0.438. The topological polar surface area (TPSA) is 72.7 Å². The minimum atomic E-state index is -0.608. The number of carbonyl (C=O) groups excluding carboxylic acids is 1.